The van der Waals surface area contributed by atoms with Gasteiger partial charge in [-0.3, -0.25) is 0 Å². The number of fused-ring (bicyclic) bond motifs is 8. The van der Waals surface area contributed by atoms with E-state index in [-0.39, 0.29) is 0 Å². The molecule has 2 N–H and O–H groups in total. The standard InChI is InChI=1S/C48H38N4O4/c1-53-33-13-5-29(6-14-33)45-37-21-23-39(49-37)46(30-7-15-34(54-2)16-8-30)41-25-27-43(51-41)48(32-11-19-36(56-4)20-12-32)44-28-26-42(52-44)47(40-24-22-38(45)50-40)31-9-17-35(55-3)18-10-31/h5-28,49,52H,1-4H3. The number of hydrogen-bond acceptors (Lipinski definition) is 6. The van der Waals surface area contributed by atoms with Crippen molar-refractivity contribution >= 4 is 46.4 Å². The van der Waals surface area contributed by atoms with Gasteiger partial charge < -0.3 is 28.9 Å². The summed E-state index contributed by atoms with van der Waals surface area (Å²) in [5.41, 5.74) is 14.8. The third-order valence-corrected chi connectivity index (χ3v) is 10.3. The summed E-state index contributed by atoms with van der Waals surface area (Å²) in [7, 11) is 6.71. The summed E-state index contributed by atoms with van der Waals surface area (Å²) in [6.07, 6.45) is 8.37. The van der Waals surface area contributed by atoms with Crippen molar-refractivity contribution in [2.45, 2.75) is 0 Å². The number of hydrogen-bond donors (Lipinski definition) is 2. The van der Waals surface area contributed by atoms with Crippen LogP contribution in [-0.2, 0) is 0 Å². The van der Waals surface area contributed by atoms with Gasteiger partial charge in [-0.25, -0.2) is 9.97 Å². The van der Waals surface area contributed by atoms with Crippen molar-refractivity contribution in [3.63, 3.8) is 0 Å². The fourth-order valence-electron chi connectivity index (χ4n) is 7.45. The lowest BCUT2D eigenvalue weighted by atomic mass is 10.0. The van der Waals surface area contributed by atoms with Crippen molar-refractivity contribution in [3.8, 4) is 67.5 Å². The maximum absolute atomic E-state index is 5.53. The zero-order chi connectivity index (χ0) is 38.2. The van der Waals surface area contributed by atoms with E-state index in [1.54, 1.807) is 28.4 Å². The van der Waals surface area contributed by atoms with Crippen LogP contribution >= 0.6 is 0 Å². The normalized spacial score (nSPS) is 11.8. The quantitative estimate of drug-likeness (QED) is 0.161. The number of benzene rings is 4. The molecule has 0 aliphatic carbocycles. The van der Waals surface area contributed by atoms with Gasteiger partial charge in [-0.15, -0.1) is 0 Å². The predicted molar refractivity (Wildman–Crippen MR) is 227 cm³/mol. The minimum absolute atomic E-state index is 0.780. The lowest BCUT2D eigenvalue weighted by molar-refractivity contribution is 0.415. The Labute approximate surface area is 324 Å². The van der Waals surface area contributed by atoms with Crippen molar-refractivity contribution in [2.24, 2.45) is 0 Å². The fraction of sp³-hybridized carbons (Fsp3) is 0.0833. The maximum Gasteiger partial charge on any atom is 0.118 e. The van der Waals surface area contributed by atoms with Gasteiger partial charge in [0.05, 0.1) is 51.2 Å². The number of H-pyrrole nitrogens is 2. The average Bonchev–Trinajstić information content (AvgIpc) is 4.10. The van der Waals surface area contributed by atoms with Crippen molar-refractivity contribution < 1.29 is 18.9 Å². The van der Waals surface area contributed by atoms with Crippen molar-refractivity contribution in [3.05, 3.63) is 144 Å². The van der Waals surface area contributed by atoms with E-state index >= 15 is 0 Å². The van der Waals surface area contributed by atoms with Crippen LogP contribution in [0.15, 0.2) is 121 Å². The van der Waals surface area contributed by atoms with Crippen LogP contribution < -0.4 is 18.9 Å². The number of nitrogens with one attached hydrogen (secondary N) is 2. The zero-order valence-electron chi connectivity index (χ0n) is 31.4. The first kappa shape index (κ1) is 34.4. The van der Waals surface area contributed by atoms with E-state index in [2.05, 4.69) is 107 Å². The first-order chi connectivity index (χ1) is 27.5. The Morgan fingerprint density at radius 2 is 0.518 bits per heavy atom. The number of aromatic nitrogens is 4. The van der Waals surface area contributed by atoms with Crippen LogP contribution in [0.4, 0.5) is 0 Å². The van der Waals surface area contributed by atoms with Gasteiger partial charge in [0.1, 0.15) is 23.0 Å². The smallest absolute Gasteiger partial charge is 0.118 e. The van der Waals surface area contributed by atoms with Crippen LogP contribution in [-0.4, -0.2) is 48.4 Å². The molecule has 3 aromatic heterocycles. The second-order valence-electron chi connectivity index (χ2n) is 13.4. The van der Waals surface area contributed by atoms with Gasteiger partial charge >= 0.3 is 0 Å². The van der Waals surface area contributed by atoms with E-state index < -0.39 is 0 Å². The third kappa shape index (κ3) is 6.27. The monoisotopic (exact) mass is 734 g/mol. The number of rotatable bonds is 8. The molecule has 56 heavy (non-hydrogen) atoms. The van der Waals surface area contributed by atoms with Crippen LogP contribution in [0.2, 0.25) is 0 Å². The Bertz CT molecular complexity index is 2430. The Balaban J connectivity index is 1.44. The van der Waals surface area contributed by atoms with Gasteiger partial charge in [0.25, 0.3) is 0 Å². The topological polar surface area (TPSA) is 94.3 Å². The first-order valence-corrected chi connectivity index (χ1v) is 18.3. The van der Waals surface area contributed by atoms with Gasteiger partial charge in [0.15, 0.2) is 0 Å². The highest BCUT2D eigenvalue weighted by molar-refractivity contribution is 5.99. The molecule has 0 spiro atoms. The summed E-state index contributed by atoms with van der Waals surface area (Å²) < 4.78 is 22.1. The van der Waals surface area contributed by atoms with E-state index in [9.17, 15) is 0 Å². The molecule has 8 bridgehead atoms. The molecular weight excluding hydrogens is 697 g/mol. The summed E-state index contributed by atoms with van der Waals surface area (Å²) in [6, 6.07) is 40.9. The summed E-state index contributed by atoms with van der Waals surface area (Å²) in [6.45, 7) is 0. The van der Waals surface area contributed by atoms with Crippen molar-refractivity contribution in [1.29, 1.82) is 0 Å². The number of nitrogens with zero attached hydrogens (tertiary/aromatic N) is 2. The van der Waals surface area contributed by atoms with Crippen molar-refractivity contribution in [2.75, 3.05) is 28.4 Å². The van der Waals surface area contributed by atoms with Gasteiger partial charge in [-0.1, -0.05) is 48.5 Å². The lowest BCUT2D eigenvalue weighted by Crippen LogP contribution is -1.90. The molecule has 0 atom stereocenters. The molecule has 8 heteroatoms. The van der Waals surface area contributed by atoms with Crippen LogP contribution in [0, 0.1) is 0 Å². The van der Waals surface area contributed by atoms with Gasteiger partial charge in [0, 0.05) is 44.3 Å². The summed E-state index contributed by atoms with van der Waals surface area (Å²) in [5, 5.41) is 0. The maximum atomic E-state index is 5.53. The Morgan fingerprint density at radius 1 is 0.304 bits per heavy atom. The molecule has 5 heterocycles. The summed E-state index contributed by atoms with van der Waals surface area (Å²) in [4.78, 5) is 18.4. The SMILES string of the molecule is COc1ccc(-c2c3nc(c(-c4ccc(OC)cc4)c4ccc([nH]4)c(-c4ccc(OC)cc4)c4nc(c(-c5ccc(OC)cc5)c5ccc2[nH]5)C=C4)C=C3)cc1. The largest absolute Gasteiger partial charge is 0.497 e. The lowest BCUT2D eigenvalue weighted by Gasteiger charge is -2.08. The second kappa shape index (κ2) is 14.5. The van der Waals surface area contributed by atoms with Crippen LogP contribution in [0.1, 0.15) is 22.8 Å². The van der Waals surface area contributed by atoms with Gasteiger partial charge in [0.2, 0.25) is 0 Å². The summed E-state index contributed by atoms with van der Waals surface area (Å²) in [5.74, 6) is 3.12. The highest BCUT2D eigenvalue weighted by atomic mass is 16.5. The Kier molecular flexibility index (Phi) is 8.91. The molecule has 274 valence electrons. The summed E-state index contributed by atoms with van der Waals surface area (Å²) >= 11 is 0. The van der Waals surface area contributed by atoms with E-state index in [0.717, 1.165) is 112 Å². The number of aromatic amines is 2. The molecule has 8 nitrogen and oxygen atoms in total. The second-order valence-corrected chi connectivity index (χ2v) is 13.4. The van der Waals surface area contributed by atoms with E-state index in [1.165, 1.54) is 0 Å². The predicted octanol–water partition coefficient (Wildman–Crippen LogP) is 11.4. The average molecular weight is 735 g/mol. The minimum atomic E-state index is 0.780. The first-order valence-electron chi connectivity index (χ1n) is 18.3. The van der Waals surface area contributed by atoms with Crippen molar-refractivity contribution in [1.82, 2.24) is 19.9 Å². The zero-order valence-corrected chi connectivity index (χ0v) is 31.4. The Morgan fingerprint density at radius 3 is 0.714 bits per heavy atom. The Hall–Kier alpha value is -7.32. The molecule has 7 aromatic rings. The highest BCUT2D eigenvalue weighted by Crippen LogP contribution is 2.39. The molecule has 0 saturated heterocycles. The van der Waals surface area contributed by atoms with Gasteiger partial charge in [-0.2, -0.15) is 0 Å². The fourth-order valence-corrected chi connectivity index (χ4v) is 7.45. The molecule has 0 radical (unpaired) electrons. The number of ether oxygens (including phenoxy) is 4. The highest BCUT2D eigenvalue weighted by Gasteiger charge is 2.19. The molecular formula is C48H38N4O4. The molecule has 0 fully saturated rings. The van der Waals surface area contributed by atoms with Crippen LogP contribution in [0.3, 0.4) is 0 Å². The van der Waals surface area contributed by atoms with Crippen LogP contribution in [0.25, 0.3) is 90.9 Å². The molecule has 0 unspecified atom stereocenters. The molecule has 2 aliphatic heterocycles. The van der Waals surface area contributed by atoms with Gasteiger partial charge in [-0.05, 0) is 119 Å². The van der Waals surface area contributed by atoms with E-state index in [1.807, 2.05) is 48.5 Å². The third-order valence-electron chi connectivity index (χ3n) is 10.3. The molecule has 0 amide bonds. The van der Waals surface area contributed by atoms with E-state index in [0.29, 0.717) is 0 Å². The minimum Gasteiger partial charge on any atom is -0.497 e. The molecule has 4 aromatic carbocycles. The molecule has 2 aliphatic rings. The van der Waals surface area contributed by atoms with Crippen LogP contribution in [0.5, 0.6) is 23.0 Å². The van der Waals surface area contributed by atoms with E-state index in [4.69, 9.17) is 28.9 Å². The molecule has 9 rings (SSSR count). The molecule has 0 saturated carbocycles. The number of methoxy groups -OCH3 is 4.